The largest absolute Gasteiger partial charge is 0.493 e. The van der Waals surface area contributed by atoms with Crippen molar-refractivity contribution in [3.8, 4) is 11.5 Å². The second-order valence-corrected chi connectivity index (χ2v) is 11.0. The molecular weight excluding hydrogens is 536 g/mol. The van der Waals surface area contributed by atoms with Crippen LogP contribution in [0.1, 0.15) is 76.3 Å². The highest BCUT2D eigenvalue weighted by Crippen LogP contribution is 2.43. The van der Waals surface area contributed by atoms with Gasteiger partial charge in [0.2, 0.25) is 5.91 Å². The number of nitrogens with one attached hydrogen (secondary N) is 1. The SMILES string of the molecule is CCC.COc1cc2c(cc1OC)C(OC(=O)CCC(=O)NCC(=O)O)=C(CC1CCN(CC3=CC=CCC3)CC1)C2. The summed E-state index contributed by atoms with van der Waals surface area (Å²) in [5, 5.41) is 11.0. The number of carbonyl (C=O) groups excluding carboxylic acids is 2. The fourth-order valence-electron chi connectivity index (χ4n) is 5.48. The summed E-state index contributed by atoms with van der Waals surface area (Å²) in [6.45, 7) is 6.90. The molecule has 0 saturated carbocycles. The van der Waals surface area contributed by atoms with E-state index in [1.807, 2.05) is 12.1 Å². The van der Waals surface area contributed by atoms with Gasteiger partial charge in [0.15, 0.2) is 11.5 Å². The number of benzene rings is 1. The number of esters is 1. The van der Waals surface area contributed by atoms with Crippen LogP contribution in [0.4, 0.5) is 0 Å². The average Bonchev–Trinajstić information content (AvgIpc) is 3.31. The third-order valence-electron chi connectivity index (χ3n) is 7.56. The maximum absolute atomic E-state index is 12.8. The van der Waals surface area contributed by atoms with Gasteiger partial charge < -0.3 is 24.6 Å². The summed E-state index contributed by atoms with van der Waals surface area (Å²) in [7, 11) is 3.16. The summed E-state index contributed by atoms with van der Waals surface area (Å²) in [6.07, 6.45) is 13.5. The van der Waals surface area contributed by atoms with Crippen LogP contribution in [0, 0.1) is 5.92 Å². The molecule has 1 aromatic rings. The topological polar surface area (TPSA) is 114 Å². The van der Waals surface area contributed by atoms with Crippen molar-refractivity contribution in [2.45, 2.75) is 71.6 Å². The van der Waals surface area contributed by atoms with Crippen LogP contribution >= 0.6 is 0 Å². The lowest BCUT2D eigenvalue weighted by molar-refractivity contribution is -0.139. The predicted molar refractivity (Wildman–Crippen MR) is 162 cm³/mol. The van der Waals surface area contributed by atoms with E-state index in [-0.39, 0.29) is 12.8 Å². The molecule has 42 heavy (non-hydrogen) atoms. The first-order valence-electron chi connectivity index (χ1n) is 15.0. The zero-order valence-electron chi connectivity index (χ0n) is 25.5. The molecule has 4 rings (SSSR count). The van der Waals surface area contributed by atoms with Crippen LogP contribution < -0.4 is 14.8 Å². The van der Waals surface area contributed by atoms with Crippen molar-refractivity contribution in [2.75, 3.05) is 40.4 Å². The molecule has 1 aliphatic heterocycles. The molecule has 1 amide bonds. The number of allylic oxidation sites excluding steroid dienone is 4. The molecule has 9 heteroatoms. The summed E-state index contributed by atoms with van der Waals surface area (Å²) in [5.41, 5.74) is 4.39. The maximum Gasteiger partial charge on any atom is 0.322 e. The first-order chi connectivity index (χ1) is 20.3. The Kier molecular flexibility index (Phi) is 13.1. The average molecular weight is 583 g/mol. The van der Waals surface area contributed by atoms with E-state index in [1.54, 1.807) is 14.2 Å². The number of carboxylic acids is 1. The fraction of sp³-hybridized carbons (Fsp3) is 0.545. The predicted octanol–water partition coefficient (Wildman–Crippen LogP) is 5.29. The molecule has 0 spiro atoms. The van der Waals surface area contributed by atoms with Crippen LogP contribution in [0.15, 0.2) is 41.5 Å². The van der Waals surface area contributed by atoms with Gasteiger partial charge in [-0.2, -0.15) is 0 Å². The molecule has 1 fully saturated rings. The number of carboxylic acid groups (broad SMARTS) is 1. The number of fused-ring (bicyclic) bond motifs is 1. The van der Waals surface area contributed by atoms with Crippen molar-refractivity contribution in [1.82, 2.24) is 10.2 Å². The van der Waals surface area contributed by atoms with Gasteiger partial charge in [-0.05, 0) is 80.8 Å². The Morgan fingerprint density at radius 3 is 2.36 bits per heavy atom. The van der Waals surface area contributed by atoms with Crippen LogP contribution in [0.25, 0.3) is 5.76 Å². The van der Waals surface area contributed by atoms with Crippen molar-refractivity contribution in [2.24, 2.45) is 5.92 Å². The molecule has 0 aromatic heterocycles. The molecule has 2 N–H and O–H groups in total. The zero-order valence-corrected chi connectivity index (χ0v) is 25.5. The molecule has 230 valence electrons. The fourth-order valence-corrected chi connectivity index (χ4v) is 5.48. The molecule has 0 bridgehead atoms. The highest BCUT2D eigenvalue weighted by molar-refractivity contribution is 5.87. The third-order valence-corrected chi connectivity index (χ3v) is 7.56. The lowest BCUT2D eigenvalue weighted by Crippen LogP contribution is -2.35. The smallest absolute Gasteiger partial charge is 0.322 e. The van der Waals surface area contributed by atoms with Gasteiger partial charge in [-0.25, -0.2) is 0 Å². The Labute approximate surface area is 249 Å². The van der Waals surface area contributed by atoms with Crippen LogP contribution in [0.5, 0.6) is 11.5 Å². The number of nitrogens with zero attached hydrogens (tertiary/aromatic N) is 1. The molecule has 0 unspecified atom stereocenters. The van der Waals surface area contributed by atoms with Crippen molar-refractivity contribution in [3.63, 3.8) is 0 Å². The number of carbonyl (C=O) groups is 3. The Bertz CT molecular complexity index is 1190. The van der Waals surface area contributed by atoms with Gasteiger partial charge in [-0.15, -0.1) is 0 Å². The van der Waals surface area contributed by atoms with Crippen molar-refractivity contribution < 1.29 is 33.7 Å². The van der Waals surface area contributed by atoms with Crippen molar-refractivity contribution in [1.29, 1.82) is 0 Å². The highest BCUT2D eigenvalue weighted by Gasteiger charge is 2.30. The van der Waals surface area contributed by atoms with E-state index in [0.29, 0.717) is 29.6 Å². The van der Waals surface area contributed by atoms with Crippen LogP contribution in [0.2, 0.25) is 0 Å². The minimum absolute atomic E-state index is 0.141. The van der Waals surface area contributed by atoms with Crippen LogP contribution in [0.3, 0.4) is 0 Å². The standard InChI is InChI=1S/C30H38N2O7.C3H8/c1-37-25-16-22-15-23(14-20-10-12-32(13-11-20)19-21-6-4-3-5-7-21)30(24(22)17-26(25)38-2)39-29(36)9-8-27(33)31-18-28(34)35;1-3-2/h3-4,6,16-17,20H,5,7-15,18-19H2,1-2H3,(H,31,33)(H,34,35);3H2,1-2H3. The molecule has 0 radical (unpaired) electrons. The van der Waals surface area contributed by atoms with Crippen molar-refractivity contribution >= 4 is 23.6 Å². The molecular formula is C33H46N2O7. The lowest BCUT2D eigenvalue weighted by Gasteiger charge is -2.33. The van der Waals surface area contributed by atoms with E-state index in [0.717, 1.165) is 68.4 Å². The van der Waals surface area contributed by atoms with Gasteiger partial charge in [-0.1, -0.05) is 44.1 Å². The van der Waals surface area contributed by atoms with E-state index in [1.165, 1.54) is 12.0 Å². The number of rotatable bonds is 12. The Morgan fingerprint density at radius 1 is 1.05 bits per heavy atom. The van der Waals surface area contributed by atoms with Gasteiger partial charge in [-0.3, -0.25) is 19.3 Å². The first kappa shape index (κ1) is 32.9. The van der Waals surface area contributed by atoms with E-state index in [9.17, 15) is 14.4 Å². The minimum Gasteiger partial charge on any atom is -0.493 e. The molecule has 2 aliphatic carbocycles. The number of likely N-dealkylation sites (tertiary alicyclic amines) is 1. The Hall–Kier alpha value is -3.59. The van der Waals surface area contributed by atoms with Gasteiger partial charge >= 0.3 is 11.9 Å². The van der Waals surface area contributed by atoms with Gasteiger partial charge in [0.1, 0.15) is 12.3 Å². The lowest BCUT2D eigenvalue weighted by atomic mass is 9.89. The monoisotopic (exact) mass is 582 g/mol. The number of aliphatic carboxylic acids is 1. The maximum atomic E-state index is 12.8. The van der Waals surface area contributed by atoms with Crippen molar-refractivity contribution in [3.05, 3.63) is 52.6 Å². The van der Waals surface area contributed by atoms with E-state index in [4.69, 9.17) is 19.3 Å². The second kappa shape index (κ2) is 16.8. The molecule has 0 atom stereocenters. The zero-order chi connectivity index (χ0) is 30.5. The van der Waals surface area contributed by atoms with Gasteiger partial charge in [0.25, 0.3) is 0 Å². The molecule has 1 saturated heterocycles. The summed E-state index contributed by atoms with van der Waals surface area (Å²) in [5.74, 6) is 0.0433. The molecule has 1 aromatic carbocycles. The number of amides is 1. The number of methoxy groups -OCH3 is 2. The normalized spacial score (nSPS) is 16.6. The number of ether oxygens (including phenoxy) is 3. The summed E-state index contributed by atoms with van der Waals surface area (Å²) in [4.78, 5) is 37.8. The number of hydrogen-bond acceptors (Lipinski definition) is 7. The molecule has 1 heterocycles. The Morgan fingerprint density at radius 2 is 1.74 bits per heavy atom. The highest BCUT2D eigenvalue weighted by atomic mass is 16.5. The first-order valence-corrected chi connectivity index (χ1v) is 15.0. The van der Waals surface area contributed by atoms with E-state index < -0.39 is 24.4 Å². The van der Waals surface area contributed by atoms with Crippen LogP contribution in [-0.4, -0.2) is 68.3 Å². The summed E-state index contributed by atoms with van der Waals surface area (Å²) < 4.78 is 16.9. The number of hydrogen-bond donors (Lipinski definition) is 2. The summed E-state index contributed by atoms with van der Waals surface area (Å²) >= 11 is 0. The van der Waals surface area contributed by atoms with E-state index >= 15 is 0 Å². The third kappa shape index (κ3) is 9.76. The Balaban J connectivity index is 0.00000155. The van der Waals surface area contributed by atoms with Gasteiger partial charge in [0.05, 0.1) is 20.6 Å². The minimum atomic E-state index is -1.14. The summed E-state index contributed by atoms with van der Waals surface area (Å²) in [6, 6.07) is 3.78. The second-order valence-electron chi connectivity index (χ2n) is 11.0. The van der Waals surface area contributed by atoms with Crippen LogP contribution in [-0.2, 0) is 25.5 Å². The number of piperidine rings is 1. The quantitative estimate of drug-likeness (QED) is 0.320. The van der Waals surface area contributed by atoms with Gasteiger partial charge in [0, 0.05) is 18.5 Å². The van der Waals surface area contributed by atoms with E-state index in [2.05, 4.69) is 42.3 Å². The molecule has 3 aliphatic rings. The molecule has 9 nitrogen and oxygen atoms in total.